The highest BCUT2D eigenvalue weighted by molar-refractivity contribution is 7.98. The van der Waals surface area contributed by atoms with Crippen LogP contribution in [0.2, 0.25) is 0 Å². The predicted molar refractivity (Wildman–Crippen MR) is 143 cm³/mol. The lowest BCUT2D eigenvalue weighted by Crippen LogP contribution is -2.58. The maximum atomic E-state index is 13.3. The van der Waals surface area contributed by atoms with E-state index in [1.54, 1.807) is 38.4 Å². The predicted octanol–water partition coefficient (Wildman–Crippen LogP) is -0.335. The molecule has 12 nitrogen and oxygen atoms in total. The summed E-state index contributed by atoms with van der Waals surface area (Å²) in [5.74, 6) is -2.13. The van der Waals surface area contributed by atoms with Gasteiger partial charge < -0.3 is 30.5 Å². The van der Waals surface area contributed by atoms with E-state index in [2.05, 4.69) is 16.0 Å². The quantitative estimate of drug-likeness (QED) is 0.399. The third-order valence-electron chi connectivity index (χ3n) is 6.57. The van der Waals surface area contributed by atoms with Crippen LogP contribution in [0.3, 0.4) is 0 Å². The zero-order chi connectivity index (χ0) is 28.5. The lowest BCUT2D eigenvalue weighted by Gasteiger charge is -2.28. The highest BCUT2D eigenvalue weighted by Gasteiger charge is 2.37. The van der Waals surface area contributed by atoms with Gasteiger partial charge in [-0.15, -0.1) is 0 Å². The van der Waals surface area contributed by atoms with Crippen molar-refractivity contribution in [1.82, 2.24) is 25.8 Å². The number of likely N-dealkylation sites (tertiary alicyclic amines) is 1. The molecule has 0 unspecified atom stereocenters. The van der Waals surface area contributed by atoms with Gasteiger partial charge in [0.2, 0.25) is 29.5 Å². The molecule has 3 rings (SSSR count). The lowest BCUT2D eigenvalue weighted by molar-refractivity contribution is -0.141. The summed E-state index contributed by atoms with van der Waals surface area (Å²) in [6.07, 6.45) is 0.929. The first kappa shape index (κ1) is 29.9. The van der Waals surface area contributed by atoms with Crippen molar-refractivity contribution >= 4 is 47.3 Å². The van der Waals surface area contributed by atoms with Crippen molar-refractivity contribution < 1.29 is 33.5 Å². The van der Waals surface area contributed by atoms with Crippen LogP contribution in [0, 0.1) is 0 Å². The third-order valence-corrected chi connectivity index (χ3v) is 7.65. The van der Waals surface area contributed by atoms with Crippen LogP contribution in [0.1, 0.15) is 41.6 Å². The van der Waals surface area contributed by atoms with Gasteiger partial charge in [0.15, 0.2) is 0 Å². The standard InChI is InChI=1S/C26H35N5O7S/c1-27-21(32)10-11-22(33)31-12-6-9-20(31)24(35)28-18-13-38-26(37)17-8-5-4-7-16(17)14-39-15-19(29-23(18)34)25(36)30(2)3/h4-5,7-8,18-20H,6,9-15H2,1-3H3,(H,27,32)(H,28,35)(H,29,34)/t18-,19-,20+/m1/s1. The molecule has 212 valence electrons. The molecule has 1 saturated heterocycles. The molecule has 0 spiro atoms. The summed E-state index contributed by atoms with van der Waals surface area (Å²) >= 11 is 1.39. The number of carbonyl (C=O) groups excluding carboxylic acids is 6. The summed E-state index contributed by atoms with van der Waals surface area (Å²) in [6.45, 7) is -0.109. The molecule has 0 aromatic heterocycles. The Kier molecular flexibility index (Phi) is 10.7. The Hall–Kier alpha value is -3.61. The van der Waals surface area contributed by atoms with E-state index in [4.69, 9.17) is 4.74 Å². The summed E-state index contributed by atoms with van der Waals surface area (Å²) in [5.41, 5.74) is 1.07. The van der Waals surface area contributed by atoms with Crippen LogP contribution in [0.4, 0.5) is 0 Å². The number of amides is 5. The van der Waals surface area contributed by atoms with Gasteiger partial charge in [0.1, 0.15) is 24.7 Å². The van der Waals surface area contributed by atoms with E-state index in [1.807, 2.05) is 0 Å². The minimum Gasteiger partial charge on any atom is -0.459 e. The van der Waals surface area contributed by atoms with Crippen LogP contribution in [0.15, 0.2) is 24.3 Å². The van der Waals surface area contributed by atoms with Crippen LogP contribution in [0.5, 0.6) is 0 Å². The first-order valence-corrected chi connectivity index (χ1v) is 13.9. The smallest absolute Gasteiger partial charge is 0.338 e. The van der Waals surface area contributed by atoms with Gasteiger partial charge in [-0.25, -0.2) is 4.79 Å². The van der Waals surface area contributed by atoms with E-state index in [9.17, 15) is 28.8 Å². The second-order valence-corrected chi connectivity index (χ2v) is 10.6. The van der Waals surface area contributed by atoms with E-state index in [-0.39, 0.29) is 36.3 Å². The molecule has 3 atom stereocenters. The number of hydrogen-bond donors (Lipinski definition) is 3. The highest BCUT2D eigenvalue weighted by Crippen LogP contribution is 2.21. The Labute approximate surface area is 231 Å². The second-order valence-electron chi connectivity index (χ2n) is 9.54. The fraction of sp³-hybridized carbons (Fsp3) is 0.538. The molecule has 0 radical (unpaired) electrons. The van der Waals surface area contributed by atoms with Crippen molar-refractivity contribution in [3.8, 4) is 0 Å². The summed E-state index contributed by atoms with van der Waals surface area (Å²) < 4.78 is 5.44. The summed E-state index contributed by atoms with van der Waals surface area (Å²) in [5, 5.41) is 7.77. The number of ether oxygens (including phenoxy) is 1. The molecule has 1 fully saturated rings. The monoisotopic (exact) mass is 561 g/mol. The van der Waals surface area contributed by atoms with E-state index >= 15 is 0 Å². The molecule has 2 heterocycles. The Balaban J connectivity index is 1.79. The normalized spacial score (nSPS) is 21.8. The number of fused-ring (bicyclic) bond motifs is 1. The highest BCUT2D eigenvalue weighted by atomic mass is 32.2. The maximum Gasteiger partial charge on any atom is 0.338 e. The molecule has 0 aliphatic carbocycles. The van der Waals surface area contributed by atoms with Gasteiger partial charge in [0.25, 0.3) is 0 Å². The number of hydrogen-bond acceptors (Lipinski definition) is 8. The van der Waals surface area contributed by atoms with E-state index in [1.165, 1.54) is 28.6 Å². The largest absolute Gasteiger partial charge is 0.459 e. The number of cyclic esters (lactones) is 1. The van der Waals surface area contributed by atoms with Crippen molar-refractivity contribution in [2.45, 2.75) is 49.6 Å². The first-order valence-electron chi connectivity index (χ1n) is 12.8. The maximum absolute atomic E-state index is 13.3. The third kappa shape index (κ3) is 7.94. The fourth-order valence-electron chi connectivity index (χ4n) is 4.41. The average Bonchev–Trinajstić information content (AvgIpc) is 3.42. The van der Waals surface area contributed by atoms with Gasteiger partial charge >= 0.3 is 5.97 Å². The SMILES string of the molecule is CNC(=O)CCC(=O)N1CCC[C@H]1C(=O)N[C@@H]1COC(=O)c2ccccc2CSC[C@H](C(=O)N(C)C)NC1=O. The number of nitrogens with one attached hydrogen (secondary N) is 3. The van der Waals surface area contributed by atoms with Crippen LogP contribution in [0.25, 0.3) is 0 Å². The zero-order valence-electron chi connectivity index (χ0n) is 22.4. The van der Waals surface area contributed by atoms with Crippen molar-refractivity contribution in [3.05, 3.63) is 35.4 Å². The molecule has 3 N–H and O–H groups in total. The van der Waals surface area contributed by atoms with Crippen LogP contribution in [-0.4, -0.2) is 103 Å². The second kappa shape index (κ2) is 14.0. The Bertz CT molecular complexity index is 1110. The van der Waals surface area contributed by atoms with E-state index < -0.39 is 42.5 Å². The van der Waals surface area contributed by atoms with Gasteiger partial charge in [0, 0.05) is 52.0 Å². The number of likely N-dealkylation sites (N-methyl/N-ethyl adjacent to an activating group) is 1. The molecule has 0 saturated carbocycles. The fourth-order valence-corrected chi connectivity index (χ4v) is 5.46. The number of esters is 1. The van der Waals surface area contributed by atoms with Crippen molar-refractivity contribution in [2.75, 3.05) is 40.0 Å². The summed E-state index contributed by atoms with van der Waals surface area (Å²) in [4.78, 5) is 79.2. The summed E-state index contributed by atoms with van der Waals surface area (Å²) in [7, 11) is 4.65. The van der Waals surface area contributed by atoms with Gasteiger partial charge in [-0.05, 0) is 24.5 Å². The van der Waals surface area contributed by atoms with Gasteiger partial charge in [-0.2, -0.15) is 11.8 Å². The molecular weight excluding hydrogens is 526 g/mol. The lowest BCUT2D eigenvalue weighted by atomic mass is 10.1. The van der Waals surface area contributed by atoms with Gasteiger partial charge in [0.05, 0.1) is 5.56 Å². The number of thioether (sulfide) groups is 1. The minimum atomic E-state index is -1.29. The average molecular weight is 562 g/mol. The summed E-state index contributed by atoms with van der Waals surface area (Å²) in [6, 6.07) is 3.94. The van der Waals surface area contributed by atoms with Crippen molar-refractivity contribution in [1.29, 1.82) is 0 Å². The molecular formula is C26H35N5O7S. The first-order chi connectivity index (χ1) is 18.6. The van der Waals surface area contributed by atoms with Crippen molar-refractivity contribution in [3.63, 3.8) is 0 Å². The Morgan fingerprint density at radius 1 is 1.15 bits per heavy atom. The number of carbonyl (C=O) groups is 6. The Morgan fingerprint density at radius 2 is 1.90 bits per heavy atom. The van der Waals surface area contributed by atoms with Crippen LogP contribution >= 0.6 is 11.8 Å². The van der Waals surface area contributed by atoms with E-state index in [0.29, 0.717) is 30.7 Å². The zero-order valence-corrected chi connectivity index (χ0v) is 23.2. The number of rotatable bonds is 6. The molecule has 1 aromatic rings. The molecule has 2 aliphatic rings. The molecule has 39 heavy (non-hydrogen) atoms. The topological polar surface area (TPSA) is 154 Å². The van der Waals surface area contributed by atoms with Gasteiger partial charge in [-0.3, -0.25) is 24.0 Å². The van der Waals surface area contributed by atoms with E-state index in [0.717, 1.165) is 5.56 Å². The Morgan fingerprint density at radius 3 is 2.62 bits per heavy atom. The number of benzene rings is 1. The van der Waals surface area contributed by atoms with Crippen molar-refractivity contribution in [2.24, 2.45) is 0 Å². The van der Waals surface area contributed by atoms with Crippen LogP contribution < -0.4 is 16.0 Å². The molecule has 13 heteroatoms. The molecule has 2 aliphatic heterocycles. The minimum absolute atomic E-state index is 0.00192. The number of nitrogens with zero attached hydrogens (tertiary/aromatic N) is 2. The van der Waals surface area contributed by atoms with Crippen LogP contribution in [-0.2, 0) is 34.5 Å². The van der Waals surface area contributed by atoms with Gasteiger partial charge in [-0.1, -0.05) is 18.2 Å². The molecule has 1 aromatic carbocycles. The molecule has 0 bridgehead atoms. The molecule has 5 amide bonds.